The molecule has 2 rings (SSSR count). The van der Waals surface area contributed by atoms with E-state index in [0.717, 1.165) is 24.4 Å². The molecule has 0 aromatic carbocycles. The van der Waals surface area contributed by atoms with Gasteiger partial charge in [-0.3, -0.25) is 4.79 Å². The standard InChI is InChI=1S/C14H17NO2S2/c1-2-10-5-6-18-13(10)9-15-8-12-4-3-11(19-12)7-14(16)17/h3-6,15H,2,7-9H2,1H3,(H,16,17). The number of hydrogen-bond donors (Lipinski definition) is 2. The molecule has 0 aliphatic rings. The lowest BCUT2D eigenvalue weighted by molar-refractivity contribution is -0.136. The largest absolute Gasteiger partial charge is 0.481 e. The molecule has 0 saturated heterocycles. The summed E-state index contributed by atoms with van der Waals surface area (Å²) in [4.78, 5) is 14.1. The third-order valence-corrected chi connectivity index (χ3v) is 4.89. The maximum atomic E-state index is 10.6. The first-order valence-corrected chi connectivity index (χ1v) is 7.94. The van der Waals surface area contributed by atoms with Gasteiger partial charge >= 0.3 is 5.97 Å². The average molecular weight is 295 g/mol. The zero-order chi connectivity index (χ0) is 13.7. The Morgan fingerprint density at radius 2 is 2.05 bits per heavy atom. The summed E-state index contributed by atoms with van der Waals surface area (Å²) >= 11 is 3.35. The van der Waals surface area contributed by atoms with Gasteiger partial charge in [0.15, 0.2) is 0 Å². The van der Waals surface area contributed by atoms with Crippen LogP contribution in [0.3, 0.4) is 0 Å². The number of thiophene rings is 2. The maximum absolute atomic E-state index is 10.6. The van der Waals surface area contributed by atoms with E-state index in [4.69, 9.17) is 5.11 Å². The summed E-state index contributed by atoms with van der Waals surface area (Å²) in [6.45, 7) is 3.85. The van der Waals surface area contributed by atoms with Crippen molar-refractivity contribution in [1.82, 2.24) is 5.32 Å². The minimum absolute atomic E-state index is 0.121. The van der Waals surface area contributed by atoms with Crippen LogP contribution in [0.4, 0.5) is 0 Å². The highest BCUT2D eigenvalue weighted by atomic mass is 32.1. The average Bonchev–Trinajstić information content (AvgIpc) is 2.98. The van der Waals surface area contributed by atoms with Crippen LogP contribution in [-0.4, -0.2) is 11.1 Å². The van der Waals surface area contributed by atoms with Gasteiger partial charge < -0.3 is 10.4 Å². The van der Waals surface area contributed by atoms with Gasteiger partial charge in [-0.2, -0.15) is 0 Å². The molecule has 0 atom stereocenters. The van der Waals surface area contributed by atoms with Crippen molar-refractivity contribution in [2.24, 2.45) is 0 Å². The van der Waals surface area contributed by atoms with E-state index in [-0.39, 0.29) is 6.42 Å². The second-order valence-corrected chi connectivity index (χ2v) is 6.52. The molecule has 0 aliphatic carbocycles. The molecule has 0 amide bonds. The highest BCUT2D eigenvalue weighted by molar-refractivity contribution is 7.12. The van der Waals surface area contributed by atoms with Crippen molar-refractivity contribution in [3.05, 3.63) is 43.8 Å². The minimum atomic E-state index is -0.771. The van der Waals surface area contributed by atoms with Crippen LogP contribution in [0, 0.1) is 0 Å². The zero-order valence-electron chi connectivity index (χ0n) is 10.8. The fraction of sp³-hybridized carbons (Fsp3) is 0.357. The third kappa shape index (κ3) is 4.16. The Balaban J connectivity index is 1.82. The second-order valence-electron chi connectivity index (χ2n) is 4.26. The lowest BCUT2D eigenvalue weighted by atomic mass is 10.2. The van der Waals surface area contributed by atoms with Gasteiger partial charge in [-0.1, -0.05) is 6.92 Å². The molecular weight excluding hydrogens is 278 g/mol. The lowest BCUT2D eigenvalue weighted by Crippen LogP contribution is -2.11. The molecule has 2 aromatic rings. The fourth-order valence-corrected chi connectivity index (χ4v) is 3.82. The normalized spacial score (nSPS) is 10.8. The monoisotopic (exact) mass is 295 g/mol. The number of rotatable bonds is 7. The zero-order valence-corrected chi connectivity index (χ0v) is 12.4. The van der Waals surface area contributed by atoms with Gasteiger partial charge in [0.1, 0.15) is 0 Å². The van der Waals surface area contributed by atoms with Crippen LogP contribution >= 0.6 is 22.7 Å². The molecule has 2 N–H and O–H groups in total. The summed E-state index contributed by atoms with van der Waals surface area (Å²) in [6, 6.07) is 6.08. The Kier molecular flexibility index (Phi) is 5.13. The van der Waals surface area contributed by atoms with E-state index < -0.39 is 5.97 Å². The number of aliphatic carboxylic acids is 1. The van der Waals surface area contributed by atoms with Gasteiger partial charge in [0.25, 0.3) is 0 Å². The quantitative estimate of drug-likeness (QED) is 0.824. The van der Waals surface area contributed by atoms with E-state index in [1.807, 2.05) is 12.1 Å². The van der Waals surface area contributed by atoms with Gasteiger partial charge in [0.2, 0.25) is 0 Å². The van der Waals surface area contributed by atoms with Crippen molar-refractivity contribution in [3.63, 3.8) is 0 Å². The van der Waals surface area contributed by atoms with Crippen molar-refractivity contribution >= 4 is 28.6 Å². The first kappa shape index (κ1) is 14.2. The lowest BCUT2D eigenvalue weighted by Gasteiger charge is -2.03. The van der Waals surface area contributed by atoms with Crippen LogP contribution < -0.4 is 5.32 Å². The predicted octanol–water partition coefficient (Wildman–Crippen LogP) is 3.29. The molecule has 19 heavy (non-hydrogen) atoms. The summed E-state index contributed by atoms with van der Waals surface area (Å²) < 4.78 is 0. The van der Waals surface area contributed by atoms with Gasteiger partial charge in [0.05, 0.1) is 6.42 Å². The first-order valence-electron chi connectivity index (χ1n) is 6.24. The molecule has 0 radical (unpaired) electrons. The van der Waals surface area contributed by atoms with Crippen LogP contribution in [0.1, 0.15) is 27.1 Å². The topological polar surface area (TPSA) is 49.3 Å². The van der Waals surface area contributed by atoms with Crippen molar-refractivity contribution in [3.8, 4) is 0 Å². The summed E-state index contributed by atoms with van der Waals surface area (Å²) in [7, 11) is 0. The Hall–Kier alpha value is -1.17. The van der Waals surface area contributed by atoms with E-state index in [0.29, 0.717) is 0 Å². The number of carboxylic acids is 1. The van der Waals surface area contributed by atoms with E-state index >= 15 is 0 Å². The van der Waals surface area contributed by atoms with Crippen LogP contribution in [-0.2, 0) is 30.7 Å². The number of carbonyl (C=O) groups is 1. The summed E-state index contributed by atoms with van der Waals surface area (Å²) in [5.41, 5.74) is 1.41. The molecule has 0 aliphatic heterocycles. The van der Waals surface area contributed by atoms with Crippen LogP contribution in [0.25, 0.3) is 0 Å². The Labute approximate surface area is 120 Å². The Morgan fingerprint density at radius 3 is 2.79 bits per heavy atom. The maximum Gasteiger partial charge on any atom is 0.308 e. The van der Waals surface area contributed by atoms with Gasteiger partial charge in [-0.05, 0) is 35.6 Å². The number of hydrogen-bond acceptors (Lipinski definition) is 4. The molecule has 5 heteroatoms. The molecule has 0 spiro atoms. The Morgan fingerprint density at radius 1 is 1.26 bits per heavy atom. The van der Waals surface area contributed by atoms with Crippen molar-refractivity contribution in [2.75, 3.05) is 0 Å². The number of carboxylic acid groups (broad SMARTS) is 1. The van der Waals surface area contributed by atoms with Crippen molar-refractivity contribution < 1.29 is 9.90 Å². The molecule has 0 saturated carbocycles. The highest BCUT2D eigenvalue weighted by Crippen LogP contribution is 2.19. The summed E-state index contributed by atoms with van der Waals surface area (Å²) in [6.07, 6.45) is 1.19. The highest BCUT2D eigenvalue weighted by Gasteiger charge is 2.05. The predicted molar refractivity (Wildman–Crippen MR) is 79.9 cm³/mol. The molecule has 2 heterocycles. The van der Waals surface area contributed by atoms with Gasteiger partial charge in [-0.25, -0.2) is 0 Å². The van der Waals surface area contributed by atoms with Gasteiger partial charge in [0, 0.05) is 27.7 Å². The summed E-state index contributed by atoms with van der Waals surface area (Å²) in [5.74, 6) is -0.771. The smallest absolute Gasteiger partial charge is 0.308 e. The van der Waals surface area contributed by atoms with Crippen LogP contribution in [0.5, 0.6) is 0 Å². The van der Waals surface area contributed by atoms with E-state index in [1.54, 1.807) is 22.7 Å². The second kappa shape index (κ2) is 6.84. The molecule has 0 fully saturated rings. The van der Waals surface area contributed by atoms with Crippen LogP contribution in [0.15, 0.2) is 23.6 Å². The van der Waals surface area contributed by atoms with E-state index in [1.165, 1.54) is 15.3 Å². The fourth-order valence-electron chi connectivity index (χ4n) is 1.90. The molecule has 3 nitrogen and oxygen atoms in total. The molecule has 102 valence electrons. The minimum Gasteiger partial charge on any atom is -0.481 e. The van der Waals surface area contributed by atoms with Gasteiger partial charge in [-0.15, -0.1) is 22.7 Å². The molecule has 2 aromatic heterocycles. The number of nitrogens with one attached hydrogen (secondary N) is 1. The third-order valence-electron chi connectivity index (χ3n) is 2.85. The summed E-state index contributed by atoms with van der Waals surface area (Å²) in [5, 5.41) is 14.3. The first-order chi connectivity index (χ1) is 9.19. The van der Waals surface area contributed by atoms with Crippen molar-refractivity contribution in [1.29, 1.82) is 0 Å². The SMILES string of the molecule is CCc1ccsc1CNCc1ccc(CC(=O)O)s1. The van der Waals surface area contributed by atoms with Crippen molar-refractivity contribution in [2.45, 2.75) is 32.9 Å². The molecular formula is C14H17NO2S2. The number of aryl methyl sites for hydroxylation is 1. The molecule has 0 unspecified atom stereocenters. The Bertz CT molecular complexity index is 545. The molecule has 0 bridgehead atoms. The van der Waals surface area contributed by atoms with E-state index in [9.17, 15) is 4.79 Å². The van der Waals surface area contributed by atoms with E-state index in [2.05, 4.69) is 23.7 Å². The van der Waals surface area contributed by atoms with Crippen LogP contribution in [0.2, 0.25) is 0 Å².